The van der Waals surface area contributed by atoms with Crippen molar-refractivity contribution in [2.75, 3.05) is 7.05 Å². The van der Waals surface area contributed by atoms with Gasteiger partial charge in [-0.05, 0) is 13.3 Å². The van der Waals surface area contributed by atoms with Crippen LogP contribution in [0.5, 0.6) is 0 Å². The van der Waals surface area contributed by atoms with Crippen molar-refractivity contribution in [3.05, 3.63) is 16.1 Å². The molecule has 1 aromatic heterocycles. The van der Waals surface area contributed by atoms with Crippen LogP contribution >= 0.6 is 11.3 Å². The predicted molar refractivity (Wildman–Crippen MR) is 59.6 cm³/mol. The molecule has 0 radical (unpaired) electrons. The van der Waals surface area contributed by atoms with E-state index in [1.54, 1.807) is 16.2 Å². The average molecular weight is 225 g/mol. The number of likely N-dealkylation sites (tertiary alicyclic amines) is 1. The Kier molecular flexibility index (Phi) is 2.75. The number of carbonyl (C=O) groups excluding carboxylic acids is 1. The summed E-state index contributed by atoms with van der Waals surface area (Å²) in [7, 11) is 1.81. The van der Waals surface area contributed by atoms with Crippen LogP contribution < -0.4 is 5.73 Å². The fraction of sp³-hybridized carbons (Fsp3) is 0.600. The molecule has 0 spiro atoms. The van der Waals surface area contributed by atoms with Crippen LogP contribution in [0, 0.1) is 6.92 Å². The van der Waals surface area contributed by atoms with E-state index in [0.717, 1.165) is 17.1 Å². The van der Waals surface area contributed by atoms with Crippen LogP contribution in [0.2, 0.25) is 0 Å². The first-order valence-corrected chi connectivity index (χ1v) is 5.91. The number of hydrogen-bond donors (Lipinski definition) is 1. The molecule has 0 aliphatic carbocycles. The van der Waals surface area contributed by atoms with Crippen molar-refractivity contribution in [2.45, 2.75) is 31.8 Å². The average Bonchev–Trinajstić information content (AvgIpc) is 2.59. The summed E-state index contributed by atoms with van der Waals surface area (Å²) in [6.07, 6.45) is 1.31. The molecule has 82 valence electrons. The van der Waals surface area contributed by atoms with Crippen LogP contribution in [0.25, 0.3) is 0 Å². The van der Waals surface area contributed by atoms with Crippen molar-refractivity contribution in [3.8, 4) is 0 Å². The van der Waals surface area contributed by atoms with Crippen LogP contribution in [0.4, 0.5) is 0 Å². The zero-order chi connectivity index (χ0) is 11.0. The highest BCUT2D eigenvalue weighted by Gasteiger charge is 2.34. The Labute approximate surface area is 93.1 Å². The lowest BCUT2D eigenvalue weighted by atomic mass is 9.97. The highest BCUT2D eigenvalue weighted by Crippen LogP contribution is 2.31. The number of nitrogens with two attached hydrogens (primary N) is 1. The SMILES string of the molecule is Cc1csc(C2C(N)CCC(=O)N2C)n1. The molecule has 15 heavy (non-hydrogen) atoms. The first kappa shape index (κ1) is 10.6. The molecule has 1 amide bonds. The number of carbonyl (C=O) groups is 1. The van der Waals surface area contributed by atoms with Gasteiger partial charge in [0.25, 0.3) is 0 Å². The molecule has 1 saturated heterocycles. The smallest absolute Gasteiger partial charge is 0.223 e. The maximum atomic E-state index is 11.6. The van der Waals surface area contributed by atoms with Crippen molar-refractivity contribution >= 4 is 17.2 Å². The summed E-state index contributed by atoms with van der Waals surface area (Å²) in [4.78, 5) is 17.7. The normalized spacial score (nSPS) is 27.1. The molecular weight excluding hydrogens is 210 g/mol. The second kappa shape index (κ2) is 3.90. The number of aromatic nitrogens is 1. The van der Waals surface area contributed by atoms with Gasteiger partial charge in [-0.25, -0.2) is 4.98 Å². The number of aryl methyl sites for hydroxylation is 1. The van der Waals surface area contributed by atoms with E-state index in [2.05, 4.69) is 4.98 Å². The second-order valence-corrected chi connectivity index (χ2v) is 4.87. The van der Waals surface area contributed by atoms with Gasteiger partial charge in [0.2, 0.25) is 5.91 Å². The molecule has 2 unspecified atom stereocenters. The van der Waals surface area contributed by atoms with Crippen LogP contribution in [-0.4, -0.2) is 28.9 Å². The molecule has 1 aliphatic heterocycles. The zero-order valence-corrected chi connectivity index (χ0v) is 9.75. The molecule has 1 aromatic rings. The summed E-state index contributed by atoms with van der Waals surface area (Å²) in [6, 6.07) is -0.0248. The van der Waals surface area contributed by atoms with E-state index < -0.39 is 0 Å². The summed E-state index contributed by atoms with van der Waals surface area (Å²) >= 11 is 1.58. The number of likely N-dealkylation sites (N-methyl/N-ethyl adjacent to an activating group) is 1. The van der Waals surface area contributed by atoms with Gasteiger partial charge in [0.1, 0.15) is 5.01 Å². The fourth-order valence-electron chi connectivity index (χ4n) is 1.92. The van der Waals surface area contributed by atoms with Gasteiger partial charge in [-0.2, -0.15) is 0 Å². The van der Waals surface area contributed by atoms with Crippen LogP contribution in [0.3, 0.4) is 0 Å². The minimum atomic E-state index is -0.0371. The van der Waals surface area contributed by atoms with Gasteiger partial charge in [0.05, 0.1) is 6.04 Å². The van der Waals surface area contributed by atoms with E-state index in [9.17, 15) is 4.79 Å². The van der Waals surface area contributed by atoms with Crippen molar-refractivity contribution < 1.29 is 4.79 Å². The third-order valence-electron chi connectivity index (χ3n) is 2.80. The summed E-state index contributed by atoms with van der Waals surface area (Å²) in [6.45, 7) is 1.95. The number of thiazole rings is 1. The molecule has 4 nitrogen and oxygen atoms in total. The summed E-state index contributed by atoms with van der Waals surface area (Å²) in [5, 5.41) is 2.95. The lowest BCUT2D eigenvalue weighted by Crippen LogP contribution is -2.46. The van der Waals surface area contributed by atoms with Gasteiger partial charge >= 0.3 is 0 Å². The Balaban J connectivity index is 2.28. The molecule has 0 bridgehead atoms. The number of nitrogens with zero attached hydrogens (tertiary/aromatic N) is 2. The van der Waals surface area contributed by atoms with Crippen LogP contribution in [0.15, 0.2) is 5.38 Å². The van der Waals surface area contributed by atoms with Gasteiger partial charge in [-0.1, -0.05) is 0 Å². The van der Waals surface area contributed by atoms with Crippen LogP contribution in [0.1, 0.15) is 29.6 Å². The Morgan fingerprint density at radius 2 is 2.40 bits per heavy atom. The Hall–Kier alpha value is -0.940. The largest absolute Gasteiger partial charge is 0.335 e. The zero-order valence-electron chi connectivity index (χ0n) is 8.93. The van der Waals surface area contributed by atoms with Crippen LogP contribution in [-0.2, 0) is 4.79 Å². The Morgan fingerprint density at radius 3 is 3.00 bits per heavy atom. The molecule has 5 heteroatoms. The standard InChI is InChI=1S/C10H15N3OS/c1-6-5-15-10(12-6)9-7(11)3-4-8(14)13(9)2/h5,7,9H,3-4,11H2,1-2H3. The summed E-state index contributed by atoms with van der Waals surface area (Å²) in [5.41, 5.74) is 7.04. The molecular formula is C10H15N3OS. The van der Waals surface area contributed by atoms with Gasteiger partial charge in [0, 0.05) is 30.6 Å². The highest BCUT2D eigenvalue weighted by atomic mass is 32.1. The molecule has 1 fully saturated rings. The maximum Gasteiger partial charge on any atom is 0.223 e. The maximum absolute atomic E-state index is 11.6. The lowest BCUT2D eigenvalue weighted by Gasteiger charge is -2.35. The highest BCUT2D eigenvalue weighted by molar-refractivity contribution is 7.09. The van der Waals surface area contributed by atoms with Gasteiger partial charge < -0.3 is 10.6 Å². The summed E-state index contributed by atoms with van der Waals surface area (Å²) < 4.78 is 0. The second-order valence-electron chi connectivity index (χ2n) is 3.98. The number of rotatable bonds is 1. The van der Waals surface area contributed by atoms with E-state index >= 15 is 0 Å². The van der Waals surface area contributed by atoms with E-state index in [1.807, 2.05) is 19.4 Å². The quantitative estimate of drug-likeness (QED) is 0.777. The number of amides is 1. The molecule has 2 heterocycles. The number of hydrogen-bond acceptors (Lipinski definition) is 4. The third-order valence-corrected chi connectivity index (χ3v) is 3.83. The fourth-order valence-corrected chi connectivity index (χ4v) is 2.94. The minimum Gasteiger partial charge on any atom is -0.335 e. The van der Waals surface area contributed by atoms with Crippen molar-refractivity contribution in [2.24, 2.45) is 5.73 Å². The molecule has 2 atom stereocenters. The lowest BCUT2D eigenvalue weighted by molar-refractivity contribution is -0.135. The van der Waals surface area contributed by atoms with Gasteiger partial charge in [-0.3, -0.25) is 4.79 Å². The Bertz CT molecular complexity index is 376. The monoisotopic (exact) mass is 225 g/mol. The molecule has 0 aromatic carbocycles. The van der Waals surface area contributed by atoms with Gasteiger partial charge in [-0.15, -0.1) is 11.3 Å². The topological polar surface area (TPSA) is 59.2 Å². The first-order valence-electron chi connectivity index (χ1n) is 5.03. The predicted octanol–water partition coefficient (Wildman–Crippen LogP) is 1.07. The summed E-state index contributed by atoms with van der Waals surface area (Å²) in [5.74, 6) is 0.162. The van der Waals surface area contributed by atoms with Gasteiger partial charge in [0.15, 0.2) is 0 Å². The number of piperidine rings is 1. The Morgan fingerprint density at radius 1 is 1.67 bits per heavy atom. The first-order chi connectivity index (χ1) is 7.09. The van der Waals surface area contributed by atoms with Crippen molar-refractivity contribution in [3.63, 3.8) is 0 Å². The molecule has 0 saturated carbocycles. The van der Waals surface area contributed by atoms with E-state index in [1.165, 1.54) is 0 Å². The van der Waals surface area contributed by atoms with E-state index in [4.69, 9.17) is 5.73 Å². The molecule has 2 rings (SSSR count). The van der Waals surface area contributed by atoms with Crippen molar-refractivity contribution in [1.29, 1.82) is 0 Å². The van der Waals surface area contributed by atoms with Crippen molar-refractivity contribution in [1.82, 2.24) is 9.88 Å². The van der Waals surface area contributed by atoms with E-state index in [-0.39, 0.29) is 18.0 Å². The minimum absolute atomic E-state index is 0.0123. The van der Waals surface area contributed by atoms with E-state index in [0.29, 0.717) is 6.42 Å². The molecule has 1 aliphatic rings. The molecule has 2 N–H and O–H groups in total. The third kappa shape index (κ3) is 1.89.